The fourth-order valence-corrected chi connectivity index (χ4v) is 2.97. The third kappa shape index (κ3) is 3.02. The van der Waals surface area contributed by atoms with Gasteiger partial charge in [0.25, 0.3) is 0 Å². The predicted octanol–water partition coefficient (Wildman–Crippen LogP) is 4.26. The van der Waals surface area contributed by atoms with E-state index in [4.69, 9.17) is 5.73 Å². The minimum atomic E-state index is -0.247. The van der Waals surface area contributed by atoms with Gasteiger partial charge in [-0.15, -0.1) is 0 Å². The number of fused-ring (bicyclic) bond motifs is 3. The zero-order valence-corrected chi connectivity index (χ0v) is 14.3. The Morgan fingerprint density at radius 3 is 2.85 bits per heavy atom. The zero-order valence-electron chi connectivity index (χ0n) is 14.3. The van der Waals surface area contributed by atoms with Crippen molar-refractivity contribution >= 4 is 45.2 Å². The second kappa shape index (κ2) is 6.37. The van der Waals surface area contributed by atoms with Gasteiger partial charge in [-0.1, -0.05) is 24.3 Å². The number of para-hydroxylation sites is 1. The monoisotopic (exact) mass is 342 g/mol. The molecule has 0 aliphatic carbocycles. The van der Waals surface area contributed by atoms with Crippen LogP contribution in [0.25, 0.3) is 27.9 Å². The maximum Gasteiger partial charge on any atom is 0.248 e. The van der Waals surface area contributed by atoms with Crippen LogP contribution in [0.5, 0.6) is 0 Å². The molecule has 5 nitrogen and oxygen atoms in total. The lowest BCUT2D eigenvalue weighted by molar-refractivity contribution is -0.111. The highest BCUT2D eigenvalue weighted by molar-refractivity contribution is 6.08. The van der Waals surface area contributed by atoms with Crippen LogP contribution in [0.4, 0.5) is 11.4 Å². The van der Waals surface area contributed by atoms with Gasteiger partial charge in [-0.2, -0.15) is 0 Å². The average molecular weight is 342 g/mol. The number of anilines is 2. The number of aromatic amines is 1. The van der Waals surface area contributed by atoms with Crippen LogP contribution in [0.2, 0.25) is 0 Å². The van der Waals surface area contributed by atoms with Gasteiger partial charge in [-0.25, -0.2) is 0 Å². The van der Waals surface area contributed by atoms with E-state index in [2.05, 4.69) is 21.4 Å². The lowest BCUT2D eigenvalue weighted by atomic mass is 10.1. The summed E-state index contributed by atoms with van der Waals surface area (Å²) in [7, 11) is 0. The fourth-order valence-electron chi connectivity index (χ4n) is 2.97. The molecule has 0 spiro atoms. The van der Waals surface area contributed by atoms with Gasteiger partial charge in [-0.05, 0) is 42.8 Å². The van der Waals surface area contributed by atoms with E-state index in [1.165, 1.54) is 6.08 Å². The van der Waals surface area contributed by atoms with Crippen LogP contribution in [0.15, 0.2) is 60.8 Å². The number of aryl methyl sites for hydroxylation is 1. The first kappa shape index (κ1) is 15.9. The molecular formula is C21H18N4O. The second-order valence-electron chi connectivity index (χ2n) is 6.24. The number of carbonyl (C=O) groups excluding carboxylic acids is 1. The molecule has 5 heteroatoms. The molecule has 0 saturated carbocycles. The Labute approximate surface area is 150 Å². The number of benzene rings is 2. The zero-order chi connectivity index (χ0) is 18.1. The second-order valence-corrected chi connectivity index (χ2v) is 6.24. The third-order valence-electron chi connectivity index (χ3n) is 4.28. The number of nitrogen functional groups attached to an aromatic ring is 1. The summed E-state index contributed by atoms with van der Waals surface area (Å²) >= 11 is 0. The lowest BCUT2D eigenvalue weighted by Crippen LogP contribution is -2.09. The molecule has 0 unspecified atom stereocenters. The molecule has 26 heavy (non-hydrogen) atoms. The first-order chi connectivity index (χ1) is 12.6. The standard InChI is InChI=1S/C21H18N4O/c1-13-6-8-17(22)19(10-13)25-21(26)9-7-14-11-16-15-4-2-3-5-18(15)24-20(16)12-23-14/h2-12,24H,22H2,1H3,(H,25,26)/b9-7+. The molecule has 4 aromatic rings. The molecule has 0 bridgehead atoms. The molecule has 2 aromatic heterocycles. The van der Waals surface area contributed by atoms with E-state index in [-0.39, 0.29) is 5.91 Å². The maximum absolute atomic E-state index is 12.2. The van der Waals surface area contributed by atoms with Gasteiger partial charge in [0, 0.05) is 22.4 Å². The smallest absolute Gasteiger partial charge is 0.248 e. The van der Waals surface area contributed by atoms with Crippen molar-refractivity contribution < 1.29 is 4.79 Å². The summed E-state index contributed by atoms with van der Waals surface area (Å²) in [5.41, 5.74) is 10.8. The van der Waals surface area contributed by atoms with E-state index in [0.29, 0.717) is 11.4 Å². The van der Waals surface area contributed by atoms with Crippen molar-refractivity contribution in [2.45, 2.75) is 6.92 Å². The molecule has 0 radical (unpaired) electrons. The summed E-state index contributed by atoms with van der Waals surface area (Å²) < 4.78 is 0. The summed E-state index contributed by atoms with van der Waals surface area (Å²) in [6.45, 7) is 1.95. The van der Waals surface area contributed by atoms with E-state index in [1.807, 2.05) is 43.3 Å². The van der Waals surface area contributed by atoms with Gasteiger partial charge in [0.2, 0.25) is 5.91 Å². The Hall–Kier alpha value is -3.60. The van der Waals surface area contributed by atoms with Crippen molar-refractivity contribution in [1.29, 1.82) is 0 Å². The van der Waals surface area contributed by atoms with Gasteiger partial charge >= 0.3 is 0 Å². The highest BCUT2D eigenvalue weighted by atomic mass is 16.1. The molecule has 0 saturated heterocycles. The normalized spacial score (nSPS) is 11.4. The molecule has 0 fully saturated rings. The number of pyridine rings is 1. The molecule has 0 aliphatic heterocycles. The number of hydrogen-bond donors (Lipinski definition) is 3. The van der Waals surface area contributed by atoms with Gasteiger partial charge in [-0.3, -0.25) is 9.78 Å². The summed E-state index contributed by atoms with van der Waals surface area (Å²) in [5.74, 6) is -0.247. The van der Waals surface area contributed by atoms with Crippen LogP contribution < -0.4 is 11.1 Å². The van der Waals surface area contributed by atoms with E-state index in [1.54, 1.807) is 18.3 Å². The van der Waals surface area contributed by atoms with E-state index < -0.39 is 0 Å². The van der Waals surface area contributed by atoms with E-state index in [0.717, 1.165) is 33.1 Å². The van der Waals surface area contributed by atoms with Crippen LogP contribution in [0.1, 0.15) is 11.3 Å². The Kier molecular flexibility index (Phi) is 3.89. The number of H-pyrrole nitrogens is 1. The summed E-state index contributed by atoms with van der Waals surface area (Å²) in [5, 5.41) is 5.02. The molecule has 4 rings (SSSR count). The largest absolute Gasteiger partial charge is 0.397 e. The lowest BCUT2D eigenvalue weighted by Gasteiger charge is -2.06. The number of carbonyl (C=O) groups is 1. The van der Waals surface area contributed by atoms with Gasteiger partial charge in [0.05, 0.1) is 28.8 Å². The third-order valence-corrected chi connectivity index (χ3v) is 4.28. The molecule has 2 heterocycles. The summed E-state index contributed by atoms with van der Waals surface area (Å²) in [6.07, 6.45) is 4.94. The minimum Gasteiger partial charge on any atom is -0.397 e. The molecule has 2 aromatic carbocycles. The molecule has 1 amide bonds. The number of nitrogens with two attached hydrogens (primary N) is 1. The van der Waals surface area contributed by atoms with Crippen molar-refractivity contribution in [3.05, 3.63) is 72.1 Å². The van der Waals surface area contributed by atoms with Crippen molar-refractivity contribution in [3.63, 3.8) is 0 Å². The van der Waals surface area contributed by atoms with Crippen LogP contribution in [-0.4, -0.2) is 15.9 Å². The minimum absolute atomic E-state index is 0.247. The summed E-state index contributed by atoms with van der Waals surface area (Å²) in [4.78, 5) is 19.9. The summed E-state index contributed by atoms with van der Waals surface area (Å²) in [6, 6.07) is 15.6. The fraction of sp³-hybridized carbons (Fsp3) is 0.0476. The number of hydrogen-bond acceptors (Lipinski definition) is 3. The number of aromatic nitrogens is 2. The van der Waals surface area contributed by atoms with Crippen LogP contribution in [0.3, 0.4) is 0 Å². The van der Waals surface area contributed by atoms with Gasteiger partial charge in [0.15, 0.2) is 0 Å². The van der Waals surface area contributed by atoms with Gasteiger partial charge in [0.1, 0.15) is 0 Å². The van der Waals surface area contributed by atoms with Crippen LogP contribution in [-0.2, 0) is 4.79 Å². The van der Waals surface area contributed by atoms with E-state index >= 15 is 0 Å². The molecule has 4 N–H and O–H groups in total. The molecule has 128 valence electrons. The maximum atomic E-state index is 12.2. The van der Waals surface area contributed by atoms with Crippen molar-refractivity contribution in [1.82, 2.24) is 9.97 Å². The Balaban J connectivity index is 1.59. The number of rotatable bonds is 3. The number of nitrogens with zero attached hydrogens (tertiary/aromatic N) is 1. The van der Waals surface area contributed by atoms with Crippen molar-refractivity contribution in [2.75, 3.05) is 11.1 Å². The first-order valence-electron chi connectivity index (χ1n) is 8.32. The topological polar surface area (TPSA) is 83.8 Å². The predicted molar refractivity (Wildman–Crippen MR) is 107 cm³/mol. The highest BCUT2D eigenvalue weighted by Crippen LogP contribution is 2.25. The number of nitrogens with one attached hydrogen (secondary N) is 2. The Morgan fingerprint density at radius 2 is 1.96 bits per heavy atom. The highest BCUT2D eigenvalue weighted by Gasteiger charge is 2.05. The number of amides is 1. The van der Waals surface area contributed by atoms with Crippen LogP contribution in [0, 0.1) is 6.92 Å². The Morgan fingerprint density at radius 1 is 1.12 bits per heavy atom. The SMILES string of the molecule is Cc1ccc(N)c(NC(=O)/C=C/c2cc3c(cn2)[nH]c2ccccc23)c1. The average Bonchev–Trinajstić information content (AvgIpc) is 3.01. The molecule has 0 aliphatic rings. The Bertz CT molecular complexity index is 1160. The van der Waals surface area contributed by atoms with Gasteiger partial charge < -0.3 is 16.0 Å². The molecular weight excluding hydrogens is 324 g/mol. The van der Waals surface area contributed by atoms with Crippen molar-refractivity contribution in [3.8, 4) is 0 Å². The van der Waals surface area contributed by atoms with Crippen LogP contribution >= 0.6 is 0 Å². The molecule has 0 atom stereocenters. The quantitative estimate of drug-likeness (QED) is 0.384. The van der Waals surface area contributed by atoms with E-state index in [9.17, 15) is 4.79 Å². The first-order valence-corrected chi connectivity index (χ1v) is 8.32. The van der Waals surface area contributed by atoms with Crippen molar-refractivity contribution in [2.24, 2.45) is 0 Å².